The summed E-state index contributed by atoms with van der Waals surface area (Å²) in [6, 6.07) is 4.57. The van der Waals surface area contributed by atoms with Crippen LogP contribution >= 0.6 is 23.1 Å². The van der Waals surface area contributed by atoms with E-state index < -0.39 is 0 Å². The van der Waals surface area contributed by atoms with Gasteiger partial charge in [0.1, 0.15) is 0 Å². The molecule has 1 atom stereocenters. The molecule has 0 radical (unpaired) electrons. The third-order valence-electron chi connectivity index (χ3n) is 5.44. The third kappa shape index (κ3) is 3.57. The van der Waals surface area contributed by atoms with Crippen molar-refractivity contribution in [2.24, 2.45) is 5.92 Å². The van der Waals surface area contributed by atoms with Crippen LogP contribution in [0, 0.1) is 12.8 Å². The molecule has 7 heteroatoms. The molecule has 1 fully saturated rings. The van der Waals surface area contributed by atoms with Crippen molar-refractivity contribution < 1.29 is 9.59 Å². The molecule has 2 heterocycles. The Kier molecular flexibility index (Phi) is 5.22. The number of fused-ring (bicyclic) bond motifs is 1. The maximum Gasteiger partial charge on any atom is 0.255 e. The van der Waals surface area contributed by atoms with Crippen LogP contribution in [-0.4, -0.2) is 33.5 Å². The van der Waals surface area contributed by atoms with Crippen LogP contribution in [0.15, 0.2) is 17.0 Å². The minimum atomic E-state index is -0.119. The molecule has 1 aromatic heterocycles. The van der Waals surface area contributed by atoms with E-state index in [1.165, 1.54) is 31.1 Å². The lowest BCUT2D eigenvalue weighted by Crippen LogP contribution is -2.34. The van der Waals surface area contributed by atoms with Crippen molar-refractivity contribution in [2.75, 3.05) is 11.1 Å². The molecule has 1 aliphatic carbocycles. The van der Waals surface area contributed by atoms with Gasteiger partial charge in [0.05, 0.1) is 16.1 Å². The van der Waals surface area contributed by atoms with Gasteiger partial charge in [0.2, 0.25) is 5.91 Å². The number of thiazole rings is 1. The minimum absolute atomic E-state index is 0.119. The second kappa shape index (κ2) is 7.52. The quantitative estimate of drug-likeness (QED) is 0.679. The van der Waals surface area contributed by atoms with Gasteiger partial charge in [-0.25, -0.2) is 4.98 Å². The van der Waals surface area contributed by atoms with Crippen molar-refractivity contribution >= 4 is 40.0 Å². The number of nitrogens with one attached hydrogen (secondary N) is 1. The van der Waals surface area contributed by atoms with Crippen molar-refractivity contribution in [3.05, 3.63) is 29.0 Å². The van der Waals surface area contributed by atoms with Crippen LogP contribution < -0.4 is 5.32 Å². The average Bonchev–Trinajstić information content (AvgIpc) is 3.34. The Morgan fingerprint density at radius 3 is 2.82 bits per heavy atom. The largest absolute Gasteiger partial charge is 0.331 e. The molecule has 2 aliphatic rings. The summed E-state index contributed by atoms with van der Waals surface area (Å²) in [5.41, 5.74) is 3.97. The Balaban J connectivity index is 1.73. The van der Waals surface area contributed by atoms with E-state index >= 15 is 0 Å². The molecule has 0 bridgehead atoms. The number of aromatic nitrogens is 1. The molecule has 28 heavy (non-hydrogen) atoms. The van der Waals surface area contributed by atoms with Crippen LogP contribution in [0.1, 0.15) is 55.2 Å². The molecule has 2 aromatic rings. The number of nitrogens with zero attached hydrogens (tertiary/aromatic N) is 2. The molecule has 1 aromatic carbocycles. The van der Waals surface area contributed by atoms with E-state index in [2.05, 4.69) is 36.3 Å². The standard InChI is InChI=1S/C21H25N3O2S2/c1-5-27-17-9-15(19-11(2)22-21(28-19)23-13(4)25)8-16-10-24(20(26)18(16)17)12(3)14-6-7-14/h8-9,12,14H,5-7,10H2,1-4H3,(H,22,23,25)/t12-/m0/s1. The summed E-state index contributed by atoms with van der Waals surface area (Å²) in [6.07, 6.45) is 2.46. The number of carbonyl (C=O) groups excluding carboxylic acids is 2. The highest BCUT2D eigenvalue weighted by molar-refractivity contribution is 7.99. The number of anilines is 1. The predicted octanol–water partition coefficient (Wildman–Crippen LogP) is 4.94. The Morgan fingerprint density at radius 1 is 1.43 bits per heavy atom. The molecule has 4 rings (SSSR count). The van der Waals surface area contributed by atoms with E-state index in [9.17, 15) is 9.59 Å². The van der Waals surface area contributed by atoms with Crippen molar-refractivity contribution in [2.45, 2.75) is 58.0 Å². The first-order valence-electron chi connectivity index (χ1n) is 9.75. The zero-order valence-electron chi connectivity index (χ0n) is 16.7. The molecule has 0 saturated heterocycles. The normalized spacial score (nSPS) is 17.0. The summed E-state index contributed by atoms with van der Waals surface area (Å²) in [7, 11) is 0. The number of benzene rings is 1. The van der Waals surface area contributed by atoms with E-state index in [1.54, 1.807) is 11.8 Å². The number of hydrogen-bond donors (Lipinski definition) is 1. The second-order valence-corrected chi connectivity index (χ2v) is 9.87. The lowest BCUT2D eigenvalue weighted by atomic mass is 10.0. The van der Waals surface area contributed by atoms with E-state index in [0.717, 1.165) is 37.9 Å². The van der Waals surface area contributed by atoms with Gasteiger partial charge in [-0.15, -0.1) is 11.8 Å². The Hall–Kier alpha value is -1.86. The summed E-state index contributed by atoms with van der Waals surface area (Å²) in [5.74, 6) is 1.63. The van der Waals surface area contributed by atoms with Gasteiger partial charge in [0.25, 0.3) is 5.91 Å². The number of hydrogen-bond acceptors (Lipinski definition) is 5. The van der Waals surface area contributed by atoms with Crippen LogP contribution in [0.25, 0.3) is 10.4 Å². The van der Waals surface area contributed by atoms with Gasteiger partial charge in [0.15, 0.2) is 5.13 Å². The molecule has 0 spiro atoms. The van der Waals surface area contributed by atoms with Crippen molar-refractivity contribution in [3.63, 3.8) is 0 Å². The molecule has 2 amide bonds. The summed E-state index contributed by atoms with van der Waals surface area (Å²) in [4.78, 5) is 33.2. The highest BCUT2D eigenvalue weighted by atomic mass is 32.2. The van der Waals surface area contributed by atoms with E-state index in [-0.39, 0.29) is 11.8 Å². The van der Waals surface area contributed by atoms with Crippen LogP contribution in [0.3, 0.4) is 0 Å². The highest BCUT2D eigenvalue weighted by Crippen LogP contribution is 2.43. The van der Waals surface area contributed by atoms with Gasteiger partial charge in [-0.2, -0.15) is 0 Å². The number of thioether (sulfide) groups is 1. The first kappa shape index (κ1) is 19.5. The summed E-state index contributed by atoms with van der Waals surface area (Å²) < 4.78 is 0. The van der Waals surface area contributed by atoms with Crippen LogP contribution in [0.5, 0.6) is 0 Å². The first-order valence-corrected chi connectivity index (χ1v) is 11.5. The van der Waals surface area contributed by atoms with Gasteiger partial charge in [-0.3, -0.25) is 9.59 Å². The fourth-order valence-corrected chi connectivity index (χ4v) is 5.75. The van der Waals surface area contributed by atoms with Crippen molar-refractivity contribution in [1.82, 2.24) is 9.88 Å². The maximum atomic E-state index is 13.2. The van der Waals surface area contributed by atoms with Crippen LogP contribution in [0.4, 0.5) is 5.13 Å². The molecule has 1 aliphatic heterocycles. The van der Waals surface area contributed by atoms with E-state index in [0.29, 0.717) is 23.6 Å². The maximum absolute atomic E-state index is 13.2. The van der Waals surface area contributed by atoms with Gasteiger partial charge < -0.3 is 10.2 Å². The molecule has 1 saturated carbocycles. The predicted molar refractivity (Wildman–Crippen MR) is 115 cm³/mol. The lowest BCUT2D eigenvalue weighted by molar-refractivity contribution is -0.114. The number of aryl methyl sites for hydroxylation is 1. The monoisotopic (exact) mass is 415 g/mol. The SMILES string of the molecule is CCSc1cc(-c2sc(NC(C)=O)nc2C)cc2c1C(=O)N([C@@H](C)C1CC1)C2. The third-order valence-corrected chi connectivity index (χ3v) is 7.48. The summed E-state index contributed by atoms with van der Waals surface area (Å²) >= 11 is 3.21. The molecular weight excluding hydrogens is 390 g/mol. The van der Waals surface area contributed by atoms with E-state index in [4.69, 9.17) is 0 Å². The fourth-order valence-electron chi connectivity index (χ4n) is 3.87. The lowest BCUT2D eigenvalue weighted by Gasteiger charge is -2.24. The zero-order valence-corrected chi connectivity index (χ0v) is 18.3. The molecular formula is C21H25N3O2S2. The fraction of sp³-hybridized carbons (Fsp3) is 0.476. The number of amides is 2. The highest BCUT2D eigenvalue weighted by Gasteiger charge is 2.39. The molecule has 148 valence electrons. The smallest absolute Gasteiger partial charge is 0.255 e. The van der Waals surface area contributed by atoms with Crippen LogP contribution in [-0.2, 0) is 11.3 Å². The van der Waals surface area contributed by atoms with E-state index in [1.807, 2.05) is 11.8 Å². The second-order valence-electron chi connectivity index (χ2n) is 7.57. The number of carbonyl (C=O) groups is 2. The van der Waals surface area contributed by atoms with Gasteiger partial charge in [0, 0.05) is 24.4 Å². The Bertz CT molecular complexity index is 949. The Morgan fingerprint density at radius 2 is 2.18 bits per heavy atom. The molecule has 0 unspecified atom stereocenters. The topological polar surface area (TPSA) is 62.3 Å². The molecule has 5 nitrogen and oxygen atoms in total. The summed E-state index contributed by atoms with van der Waals surface area (Å²) in [6.45, 7) is 8.43. The van der Waals surface area contributed by atoms with Crippen molar-refractivity contribution in [3.8, 4) is 10.4 Å². The summed E-state index contributed by atoms with van der Waals surface area (Å²) in [5, 5.41) is 3.39. The molecule has 1 N–H and O–H groups in total. The number of rotatable bonds is 6. The first-order chi connectivity index (χ1) is 13.4. The van der Waals surface area contributed by atoms with Gasteiger partial charge in [-0.05, 0) is 61.6 Å². The van der Waals surface area contributed by atoms with Crippen LogP contribution in [0.2, 0.25) is 0 Å². The minimum Gasteiger partial charge on any atom is -0.331 e. The van der Waals surface area contributed by atoms with Crippen molar-refractivity contribution in [1.29, 1.82) is 0 Å². The zero-order chi connectivity index (χ0) is 20.0. The van der Waals surface area contributed by atoms with Gasteiger partial charge >= 0.3 is 0 Å². The van der Waals surface area contributed by atoms with Gasteiger partial charge in [-0.1, -0.05) is 18.3 Å². The average molecular weight is 416 g/mol. The Labute approximate surface area is 173 Å².